The lowest BCUT2D eigenvalue weighted by Gasteiger charge is -2.10. The first kappa shape index (κ1) is 25.2. The molecule has 5 nitrogen and oxygen atoms in total. The first-order chi connectivity index (χ1) is 12.0. The van der Waals surface area contributed by atoms with Gasteiger partial charge in [-0.05, 0) is 37.0 Å². The van der Waals surface area contributed by atoms with Gasteiger partial charge in [-0.1, -0.05) is 17.3 Å². The summed E-state index contributed by atoms with van der Waals surface area (Å²) in [4.78, 5) is 9.10. The number of rotatable bonds is 9. The lowest BCUT2D eigenvalue weighted by molar-refractivity contribution is -0.137. The Bertz CT molecular complexity index is 662. The van der Waals surface area contributed by atoms with Gasteiger partial charge in [0.15, 0.2) is 0 Å². The second-order valence-corrected chi connectivity index (χ2v) is 5.49. The third kappa shape index (κ3) is 8.64. The molecule has 2 N–H and O–H groups in total. The monoisotopic (exact) mass is 426 g/mol. The molecular weight excluding hydrogens is 404 g/mol. The third-order valence-corrected chi connectivity index (χ3v) is 3.57. The molecule has 0 aliphatic heterocycles. The largest absolute Gasteiger partial charge is 0.416 e. The second kappa shape index (κ2) is 12.6. The van der Waals surface area contributed by atoms with Crippen LogP contribution in [0.5, 0.6) is 0 Å². The maximum absolute atomic E-state index is 12.7. The van der Waals surface area contributed by atoms with E-state index >= 15 is 0 Å². The average molecular weight is 427 g/mol. The number of hydrogen-bond donors (Lipinski definition) is 1. The van der Waals surface area contributed by atoms with Crippen LogP contribution in [0.2, 0.25) is 0 Å². The van der Waals surface area contributed by atoms with E-state index in [4.69, 9.17) is 10.6 Å². The van der Waals surface area contributed by atoms with Crippen molar-refractivity contribution in [1.29, 1.82) is 0 Å². The molecule has 0 saturated carbocycles. The van der Waals surface area contributed by atoms with E-state index in [2.05, 4.69) is 10.1 Å². The number of nitrogens with zero attached hydrogens (tertiary/aromatic N) is 3. The predicted octanol–water partition coefficient (Wildman–Crippen LogP) is 4.30. The molecular formula is C17H23Cl2F3N4O. The Morgan fingerprint density at radius 1 is 1.15 bits per heavy atom. The average Bonchev–Trinajstić information content (AvgIpc) is 3.10. The van der Waals surface area contributed by atoms with Crippen LogP contribution in [0.1, 0.15) is 30.4 Å². The van der Waals surface area contributed by atoms with Gasteiger partial charge in [-0.25, -0.2) is 4.98 Å². The standard InChI is InChI=1S/C17H21F3N4O.2ClH/c18-17(19,20)15-6-4-14(5-7-15)16(23-25-12-8-21)3-1-2-10-24-11-9-22-13-24;;/h4-7,9,11,13H,1-3,8,10,12,21H2;2*1H. The Balaban J connectivity index is 0.00000338. The highest BCUT2D eigenvalue weighted by Crippen LogP contribution is 2.29. The SMILES string of the molecule is Cl.Cl.NCCON=C(CCCCn1ccnc1)c1ccc(C(F)(F)F)cc1. The number of aromatic nitrogens is 2. The molecule has 0 spiro atoms. The van der Waals surface area contributed by atoms with E-state index in [1.165, 1.54) is 12.1 Å². The van der Waals surface area contributed by atoms with E-state index < -0.39 is 11.7 Å². The van der Waals surface area contributed by atoms with Gasteiger partial charge in [0.1, 0.15) is 6.61 Å². The number of alkyl halides is 3. The molecule has 0 unspecified atom stereocenters. The Morgan fingerprint density at radius 2 is 1.85 bits per heavy atom. The molecule has 0 atom stereocenters. The van der Waals surface area contributed by atoms with Gasteiger partial charge < -0.3 is 15.1 Å². The summed E-state index contributed by atoms with van der Waals surface area (Å²) in [6.07, 6.45) is 3.32. The van der Waals surface area contributed by atoms with Crippen LogP contribution in [0, 0.1) is 0 Å². The van der Waals surface area contributed by atoms with Gasteiger partial charge in [-0.15, -0.1) is 24.8 Å². The van der Waals surface area contributed by atoms with Gasteiger partial charge in [-0.3, -0.25) is 0 Å². The zero-order valence-corrected chi connectivity index (χ0v) is 16.2. The summed E-state index contributed by atoms with van der Waals surface area (Å²) in [5.74, 6) is 0. The molecule has 27 heavy (non-hydrogen) atoms. The normalized spacial score (nSPS) is 11.5. The Morgan fingerprint density at radius 3 is 2.41 bits per heavy atom. The molecule has 0 aliphatic rings. The van der Waals surface area contributed by atoms with Gasteiger partial charge in [0.05, 0.1) is 17.6 Å². The number of unbranched alkanes of at least 4 members (excludes halogenated alkanes) is 1. The zero-order valence-electron chi connectivity index (χ0n) is 14.6. The predicted molar refractivity (Wildman–Crippen MR) is 104 cm³/mol. The van der Waals surface area contributed by atoms with Crippen molar-refractivity contribution in [3.63, 3.8) is 0 Å². The van der Waals surface area contributed by atoms with Crippen molar-refractivity contribution in [2.45, 2.75) is 32.0 Å². The molecule has 2 rings (SSSR count). The van der Waals surface area contributed by atoms with Crippen molar-refractivity contribution in [2.24, 2.45) is 10.9 Å². The first-order valence-corrected chi connectivity index (χ1v) is 8.03. The van der Waals surface area contributed by atoms with Crippen molar-refractivity contribution >= 4 is 30.5 Å². The van der Waals surface area contributed by atoms with Crippen LogP contribution in [-0.4, -0.2) is 28.4 Å². The minimum Gasteiger partial charge on any atom is -0.394 e. The molecule has 1 heterocycles. The molecule has 10 heteroatoms. The lowest BCUT2D eigenvalue weighted by Crippen LogP contribution is -2.10. The number of imidazole rings is 1. The van der Waals surface area contributed by atoms with E-state index in [1.807, 2.05) is 10.8 Å². The number of hydrogen-bond acceptors (Lipinski definition) is 4. The molecule has 0 fully saturated rings. The highest BCUT2D eigenvalue weighted by atomic mass is 35.5. The van der Waals surface area contributed by atoms with Crippen LogP contribution in [0.3, 0.4) is 0 Å². The summed E-state index contributed by atoms with van der Waals surface area (Å²) >= 11 is 0. The highest BCUT2D eigenvalue weighted by molar-refractivity contribution is 6.00. The molecule has 152 valence electrons. The van der Waals surface area contributed by atoms with Gasteiger partial charge in [0, 0.05) is 25.5 Å². The van der Waals surface area contributed by atoms with E-state index in [1.54, 1.807) is 12.5 Å². The van der Waals surface area contributed by atoms with E-state index in [-0.39, 0.29) is 31.4 Å². The quantitative estimate of drug-likeness (QED) is 0.369. The summed E-state index contributed by atoms with van der Waals surface area (Å²) in [6.45, 7) is 1.41. The minimum atomic E-state index is -4.35. The second-order valence-electron chi connectivity index (χ2n) is 5.49. The van der Waals surface area contributed by atoms with Gasteiger partial charge in [0.25, 0.3) is 0 Å². The molecule has 0 radical (unpaired) electrons. The summed E-state index contributed by atoms with van der Waals surface area (Å²) in [5, 5.41) is 4.05. The Hall–Kier alpha value is -1.77. The Kier molecular flexibility index (Phi) is 11.8. The van der Waals surface area contributed by atoms with Crippen LogP contribution in [0.4, 0.5) is 13.2 Å². The highest BCUT2D eigenvalue weighted by Gasteiger charge is 2.30. The first-order valence-electron chi connectivity index (χ1n) is 8.03. The summed E-state index contributed by atoms with van der Waals surface area (Å²) in [6, 6.07) is 4.95. The molecule has 0 saturated heterocycles. The summed E-state index contributed by atoms with van der Waals surface area (Å²) < 4.78 is 40.0. The zero-order chi connectivity index (χ0) is 18.1. The number of aryl methyl sites for hydroxylation is 1. The van der Waals surface area contributed by atoms with Crippen LogP contribution in [0.25, 0.3) is 0 Å². The number of benzene rings is 1. The van der Waals surface area contributed by atoms with E-state index in [0.29, 0.717) is 24.2 Å². The number of nitrogens with two attached hydrogens (primary N) is 1. The molecule has 1 aromatic heterocycles. The van der Waals surface area contributed by atoms with E-state index in [0.717, 1.165) is 31.5 Å². The van der Waals surface area contributed by atoms with Gasteiger partial charge in [0.2, 0.25) is 0 Å². The number of oxime groups is 1. The van der Waals surface area contributed by atoms with Crippen molar-refractivity contribution < 1.29 is 18.0 Å². The number of halogens is 5. The topological polar surface area (TPSA) is 65.4 Å². The molecule has 0 aliphatic carbocycles. The van der Waals surface area contributed by atoms with Crippen LogP contribution in [-0.2, 0) is 17.6 Å². The summed E-state index contributed by atoms with van der Waals surface area (Å²) in [7, 11) is 0. The molecule has 0 bridgehead atoms. The summed E-state index contributed by atoms with van der Waals surface area (Å²) in [5.41, 5.74) is 5.92. The molecule has 1 aromatic carbocycles. The van der Waals surface area contributed by atoms with Crippen molar-refractivity contribution in [1.82, 2.24) is 9.55 Å². The van der Waals surface area contributed by atoms with Crippen molar-refractivity contribution in [3.05, 3.63) is 54.1 Å². The fraction of sp³-hybridized carbons (Fsp3) is 0.412. The van der Waals surface area contributed by atoms with Gasteiger partial charge in [-0.2, -0.15) is 13.2 Å². The van der Waals surface area contributed by atoms with Crippen molar-refractivity contribution in [2.75, 3.05) is 13.2 Å². The fourth-order valence-corrected chi connectivity index (χ4v) is 2.28. The lowest BCUT2D eigenvalue weighted by atomic mass is 10.0. The molecule has 2 aromatic rings. The fourth-order valence-electron chi connectivity index (χ4n) is 2.28. The minimum absolute atomic E-state index is 0. The Labute approximate surface area is 168 Å². The third-order valence-electron chi connectivity index (χ3n) is 3.57. The maximum atomic E-state index is 12.7. The smallest absolute Gasteiger partial charge is 0.394 e. The van der Waals surface area contributed by atoms with Crippen LogP contribution in [0.15, 0.2) is 48.1 Å². The van der Waals surface area contributed by atoms with E-state index in [9.17, 15) is 13.2 Å². The maximum Gasteiger partial charge on any atom is 0.416 e. The van der Waals surface area contributed by atoms with Crippen LogP contribution < -0.4 is 5.73 Å². The van der Waals surface area contributed by atoms with Gasteiger partial charge >= 0.3 is 6.18 Å². The van der Waals surface area contributed by atoms with Crippen molar-refractivity contribution in [3.8, 4) is 0 Å². The molecule has 0 amide bonds. The van der Waals surface area contributed by atoms with Crippen LogP contribution >= 0.6 is 24.8 Å².